The number of esters is 1. The fourth-order valence-electron chi connectivity index (χ4n) is 0.376. The van der Waals surface area contributed by atoms with E-state index in [0.717, 1.165) is 26.1 Å². The number of unbranched alkanes of at least 4 members (excludes halogenated alkanes) is 1. The maximum absolute atomic E-state index is 10.3. The molecule has 1 aliphatic heterocycles. The summed E-state index contributed by atoms with van der Waals surface area (Å²) in [5.74, 6) is -0.330. The summed E-state index contributed by atoms with van der Waals surface area (Å²) in [6, 6.07) is 0. The number of carbonyl (C=O) groups excluding carboxylic acids is 1. The van der Waals surface area contributed by atoms with Crippen LogP contribution in [0.25, 0.3) is 0 Å². The van der Waals surface area contributed by atoms with Crippen molar-refractivity contribution in [3.63, 3.8) is 0 Å². The van der Waals surface area contributed by atoms with Crippen molar-refractivity contribution < 1.29 is 14.3 Å². The van der Waals surface area contributed by atoms with Gasteiger partial charge in [0.1, 0.15) is 0 Å². The first-order valence-electron chi connectivity index (χ1n) is 4.18. The van der Waals surface area contributed by atoms with E-state index >= 15 is 0 Å². The fourth-order valence-corrected chi connectivity index (χ4v) is 0.376. The maximum Gasteiger partial charge on any atom is 0.330 e. The smallest absolute Gasteiger partial charge is 0.330 e. The van der Waals surface area contributed by atoms with Gasteiger partial charge in [-0.3, -0.25) is 0 Å². The van der Waals surface area contributed by atoms with E-state index in [4.69, 9.17) is 0 Å². The van der Waals surface area contributed by atoms with Gasteiger partial charge in [0.15, 0.2) is 0 Å². The van der Waals surface area contributed by atoms with E-state index in [0.29, 0.717) is 6.61 Å². The van der Waals surface area contributed by atoms with Crippen molar-refractivity contribution in [3.05, 3.63) is 12.7 Å². The molecule has 0 aromatic heterocycles. The molecule has 0 aliphatic carbocycles. The zero-order valence-electron chi connectivity index (χ0n) is 7.54. The van der Waals surface area contributed by atoms with Crippen LogP contribution in [0.3, 0.4) is 0 Å². The first-order chi connectivity index (χ1) is 5.81. The molecule has 0 saturated carbocycles. The number of epoxide rings is 1. The van der Waals surface area contributed by atoms with Crippen molar-refractivity contribution in [1.82, 2.24) is 0 Å². The zero-order chi connectivity index (χ0) is 9.23. The Morgan fingerprint density at radius 3 is 2.58 bits per heavy atom. The summed E-state index contributed by atoms with van der Waals surface area (Å²) < 4.78 is 9.17. The molecule has 0 atom stereocenters. The van der Waals surface area contributed by atoms with E-state index in [2.05, 4.69) is 16.1 Å². The average molecular weight is 172 g/mol. The van der Waals surface area contributed by atoms with Gasteiger partial charge in [0, 0.05) is 6.08 Å². The SMILES string of the molecule is C1CO1.C=CC(=O)OCCCC. The quantitative estimate of drug-likeness (QED) is 0.279. The molecule has 3 heteroatoms. The maximum atomic E-state index is 10.3. The minimum atomic E-state index is -0.330. The highest BCUT2D eigenvalue weighted by Gasteiger charge is 1.94. The molecule has 0 N–H and O–H groups in total. The molecule has 1 rings (SSSR count). The molecule has 0 amide bonds. The van der Waals surface area contributed by atoms with Crippen LogP contribution in [-0.4, -0.2) is 25.8 Å². The molecule has 0 bridgehead atoms. The lowest BCUT2D eigenvalue weighted by molar-refractivity contribution is -0.137. The van der Waals surface area contributed by atoms with Gasteiger partial charge in [-0.1, -0.05) is 19.9 Å². The van der Waals surface area contributed by atoms with Gasteiger partial charge in [0.25, 0.3) is 0 Å². The highest BCUT2D eigenvalue weighted by Crippen LogP contribution is 1.88. The summed E-state index contributed by atoms with van der Waals surface area (Å²) in [7, 11) is 0. The third-order valence-electron chi connectivity index (χ3n) is 1.11. The van der Waals surface area contributed by atoms with E-state index in [-0.39, 0.29) is 5.97 Å². The summed E-state index contributed by atoms with van der Waals surface area (Å²) in [4.78, 5) is 10.3. The zero-order valence-corrected chi connectivity index (χ0v) is 7.54. The molecule has 70 valence electrons. The van der Waals surface area contributed by atoms with Gasteiger partial charge < -0.3 is 9.47 Å². The van der Waals surface area contributed by atoms with Gasteiger partial charge in [0.05, 0.1) is 19.8 Å². The number of ether oxygens (including phenoxy) is 2. The topological polar surface area (TPSA) is 38.8 Å². The van der Waals surface area contributed by atoms with Crippen molar-refractivity contribution in [2.45, 2.75) is 19.8 Å². The highest BCUT2D eigenvalue weighted by molar-refractivity contribution is 5.81. The van der Waals surface area contributed by atoms with Crippen molar-refractivity contribution in [2.24, 2.45) is 0 Å². The minimum absolute atomic E-state index is 0.330. The lowest BCUT2D eigenvalue weighted by atomic mass is 10.4. The second-order valence-electron chi connectivity index (χ2n) is 2.34. The molecule has 1 saturated heterocycles. The Hall–Kier alpha value is -0.830. The Morgan fingerprint density at radius 2 is 2.25 bits per heavy atom. The summed E-state index contributed by atoms with van der Waals surface area (Å²) in [5.41, 5.74) is 0. The normalized spacial score (nSPS) is 12.4. The Bertz CT molecular complexity index is 127. The van der Waals surface area contributed by atoms with Crippen LogP contribution >= 0.6 is 0 Å². The molecule has 0 aromatic rings. The van der Waals surface area contributed by atoms with E-state index < -0.39 is 0 Å². The van der Waals surface area contributed by atoms with Crippen LogP contribution in [-0.2, 0) is 14.3 Å². The van der Waals surface area contributed by atoms with Crippen LogP contribution in [0, 0.1) is 0 Å². The Labute approximate surface area is 73.4 Å². The third-order valence-corrected chi connectivity index (χ3v) is 1.11. The van der Waals surface area contributed by atoms with Gasteiger partial charge in [-0.2, -0.15) is 0 Å². The fraction of sp³-hybridized carbons (Fsp3) is 0.667. The summed E-state index contributed by atoms with van der Waals surface area (Å²) in [6.45, 7) is 7.82. The van der Waals surface area contributed by atoms with Crippen molar-refractivity contribution in [1.29, 1.82) is 0 Å². The monoisotopic (exact) mass is 172 g/mol. The Balaban J connectivity index is 0.000000330. The predicted octanol–water partition coefficient (Wildman–Crippen LogP) is 1.53. The average Bonchev–Trinajstić information content (AvgIpc) is 2.90. The molecule has 0 radical (unpaired) electrons. The van der Waals surface area contributed by atoms with Crippen molar-refractivity contribution >= 4 is 5.97 Å². The lowest BCUT2D eigenvalue weighted by Crippen LogP contribution is -2.00. The van der Waals surface area contributed by atoms with Crippen LogP contribution in [0.2, 0.25) is 0 Å². The van der Waals surface area contributed by atoms with Gasteiger partial charge >= 0.3 is 5.97 Å². The van der Waals surface area contributed by atoms with E-state index in [1.165, 1.54) is 6.08 Å². The predicted molar refractivity (Wildman–Crippen MR) is 46.9 cm³/mol. The van der Waals surface area contributed by atoms with Gasteiger partial charge in [-0.05, 0) is 6.42 Å². The molecular formula is C9H16O3. The molecule has 3 nitrogen and oxygen atoms in total. The largest absolute Gasteiger partial charge is 0.463 e. The van der Waals surface area contributed by atoms with E-state index in [1.807, 2.05) is 6.92 Å². The second-order valence-corrected chi connectivity index (χ2v) is 2.34. The first kappa shape index (κ1) is 11.2. The Morgan fingerprint density at radius 1 is 1.67 bits per heavy atom. The Kier molecular flexibility index (Phi) is 7.70. The highest BCUT2D eigenvalue weighted by atomic mass is 16.6. The van der Waals surface area contributed by atoms with Crippen LogP contribution < -0.4 is 0 Å². The van der Waals surface area contributed by atoms with Gasteiger partial charge in [0.2, 0.25) is 0 Å². The summed E-state index contributed by atoms with van der Waals surface area (Å²) in [5, 5.41) is 0. The summed E-state index contributed by atoms with van der Waals surface area (Å²) >= 11 is 0. The molecule has 1 heterocycles. The van der Waals surface area contributed by atoms with E-state index in [1.54, 1.807) is 0 Å². The standard InChI is InChI=1S/C7H12O2.C2H4O/c1-3-5-6-9-7(8)4-2;1-2-3-1/h4H,2-3,5-6H2,1H3;1-2H2. The molecule has 1 fully saturated rings. The summed E-state index contributed by atoms with van der Waals surface area (Å²) in [6.07, 6.45) is 3.15. The molecule has 1 aliphatic rings. The number of hydrogen-bond acceptors (Lipinski definition) is 3. The number of hydrogen-bond donors (Lipinski definition) is 0. The molecule has 0 spiro atoms. The lowest BCUT2D eigenvalue weighted by Gasteiger charge is -1.97. The van der Waals surface area contributed by atoms with Gasteiger partial charge in [-0.25, -0.2) is 4.79 Å². The molecular weight excluding hydrogens is 156 g/mol. The van der Waals surface area contributed by atoms with Crippen molar-refractivity contribution in [3.8, 4) is 0 Å². The third kappa shape index (κ3) is 11.9. The van der Waals surface area contributed by atoms with Crippen LogP contribution in [0.1, 0.15) is 19.8 Å². The minimum Gasteiger partial charge on any atom is -0.463 e. The number of rotatable bonds is 4. The van der Waals surface area contributed by atoms with Crippen LogP contribution in [0.15, 0.2) is 12.7 Å². The molecule has 12 heavy (non-hydrogen) atoms. The molecule has 0 aromatic carbocycles. The second kappa shape index (κ2) is 8.27. The first-order valence-corrected chi connectivity index (χ1v) is 4.18. The number of carbonyl (C=O) groups is 1. The molecule has 0 unspecified atom stereocenters. The van der Waals surface area contributed by atoms with E-state index in [9.17, 15) is 4.79 Å². The van der Waals surface area contributed by atoms with Gasteiger partial charge in [-0.15, -0.1) is 0 Å². The van der Waals surface area contributed by atoms with Crippen LogP contribution in [0.5, 0.6) is 0 Å². The van der Waals surface area contributed by atoms with Crippen LogP contribution in [0.4, 0.5) is 0 Å². The van der Waals surface area contributed by atoms with Crippen molar-refractivity contribution in [2.75, 3.05) is 19.8 Å².